The number of benzene rings is 2. The number of nitrogens with zero attached hydrogens (tertiary/aromatic N) is 2. The van der Waals surface area contributed by atoms with Crippen LogP contribution in [0.5, 0.6) is 5.75 Å². The van der Waals surface area contributed by atoms with Gasteiger partial charge in [-0.3, -0.25) is 4.90 Å². The summed E-state index contributed by atoms with van der Waals surface area (Å²) in [5.41, 5.74) is 2.94. The van der Waals surface area contributed by atoms with Crippen LogP contribution in [0.15, 0.2) is 42.5 Å². The molecule has 168 valence electrons. The van der Waals surface area contributed by atoms with E-state index in [9.17, 15) is 5.11 Å². The van der Waals surface area contributed by atoms with Crippen LogP contribution < -0.4 is 9.64 Å². The van der Waals surface area contributed by atoms with Crippen LogP contribution in [-0.2, 0) is 0 Å². The maximum absolute atomic E-state index is 10.9. The van der Waals surface area contributed by atoms with E-state index in [2.05, 4.69) is 34.9 Å². The molecule has 1 saturated heterocycles. The number of hydrogen-bond acceptors (Lipinski definition) is 5. The molecule has 2 aliphatic rings. The number of aryl methyl sites for hydroxylation is 1. The van der Waals surface area contributed by atoms with E-state index in [1.807, 2.05) is 31.2 Å². The van der Waals surface area contributed by atoms with Crippen molar-refractivity contribution < 1.29 is 14.9 Å². The van der Waals surface area contributed by atoms with Crippen molar-refractivity contribution in [3.8, 4) is 5.75 Å². The van der Waals surface area contributed by atoms with Crippen molar-refractivity contribution in [3.63, 3.8) is 0 Å². The number of aliphatic hydroxyl groups is 2. The first-order valence-corrected chi connectivity index (χ1v) is 11.6. The zero-order chi connectivity index (χ0) is 22.0. The molecule has 5 nitrogen and oxygen atoms in total. The van der Waals surface area contributed by atoms with Crippen LogP contribution in [0.25, 0.3) is 0 Å². The lowest BCUT2D eigenvalue weighted by atomic mass is 9.96. The minimum Gasteiger partial charge on any atom is -0.491 e. The summed E-state index contributed by atoms with van der Waals surface area (Å²) in [7, 11) is 0. The molecule has 1 aliphatic heterocycles. The molecule has 2 fully saturated rings. The Labute approximate surface area is 190 Å². The molecule has 0 spiro atoms. The number of anilines is 1. The Balaban J connectivity index is 1.58. The third-order valence-corrected chi connectivity index (χ3v) is 6.81. The fraction of sp³-hybridized carbons (Fsp3) is 0.520. The number of piperazine rings is 1. The van der Waals surface area contributed by atoms with E-state index in [4.69, 9.17) is 21.4 Å². The van der Waals surface area contributed by atoms with Gasteiger partial charge in [0.25, 0.3) is 0 Å². The zero-order valence-corrected chi connectivity index (χ0v) is 19.2. The molecular weight excluding hydrogens is 412 g/mol. The average Bonchev–Trinajstić information content (AvgIpc) is 3.59. The van der Waals surface area contributed by atoms with Crippen molar-refractivity contribution in [2.45, 2.75) is 38.3 Å². The van der Waals surface area contributed by atoms with Crippen molar-refractivity contribution >= 4 is 17.3 Å². The van der Waals surface area contributed by atoms with Gasteiger partial charge in [0.1, 0.15) is 12.4 Å². The fourth-order valence-electron chi connectivity index (χ4n) is 4.73. The van der Waals surface area contributed by atoms with Crippen molar-refractivity contribution in [3.05, 3.63) is 58.6 Å². The van der Waals surface area contributed by atoms with Crippen molar-refractivity contribution in [1.29, 1.82) is 0 Å². The van der Waals surface area contributed by atoms with Crippen LogP contribution in [0.3, 0.4) is 0 Å². The van der Waals surface area contributed by atoms with Gasteiger partial charge in [0.2, 0.25) is 0 Å². The number of β-amino-alcohol motifs (C(OH)–C–C–N with tert-alkyl or cyclic N) is 1. The van der Waals surface area contributed by atoms with Gasteiger partial charge in [0.05, 0.1) is 18.2 Å². The molecule has 2 aromatic carbocycles. The predicted molar refractivity (Wildman–Crippen MR) is 125 cm³/mol. The Hall–Kier alpha value is -1.79. The van der Waals surface area contributed by atoms with Crippen LogP contribution in [-0.4, -0.2) is 60.1 Å². The minimum absolute atomic E-state index is 0.00599. The monoisotopic (exact) mass is 444 g/mol. The smallest absolute Gasteiger partial charge is 0.119 e. The number of hydrogen-bond donors (Lipinski definition) is 2. The highest BCUT2D eigenvalue weighted by atomic mass is 35.5. The molecule has 31 heavy (non-hydrogen) atoms. The van der Waals surface area contributed by atoms with Crippen LogP contribution >= 0.6 is 11.6 Å². The Morgan fingerprint density at radius 2 is 1.87 bits per heavy atom. The molecule has 2 aromatic rings. The number of rotatable bonds is 8. The summed E-state index contributed by atoms with van der Waals surface area (Å²) >= 11 is 6.16. The quantitative estimate of drug-likeness (QED) is 0.643. The summed E-state index contributed by atoms with van der Waals surface area (Å²) in [6, 6.07) is 14.4. The molecule has 0 amide bonds. The Bertz CT molecular complexity index is 883. The standard InChI is InChI=1S/C25H33ClN2O3/c1-18-15-22(31-14-13-29)9-10-23(18)28-12-11-27(17-25(2,30)20-5-6-20)16-24(28)19-3-7-21(26)8-4-19/h3-4,7-10,15,20,24,29-30H,5-6,11-14,16-17H2,1-2H3/t24-,25?/m0/s1. The van der Waals surface area contributed by atoms with Gasteiger partial charge >= 0.3 is 0 Å². The molecule has 2 atom stereocenters. The van der Waals surface area contributed by atoms with Gasteiger partial charge in [0.15, 0.2) is 0 Å². The second-order valence-corrected chi connectivity index (χ2v) is 9.58. The van der Waals surface area contributed by atoms with E-state index in [0.29, 0.717) is 19.1 Å². The molecule has 1 heterocycles. The summed E-state index contributed by atoms with van der Waals surface area (Å²) in [6.45, 7) is 7.75. The fourth-order valence-corrected chi connectivity index (χ4v) is 4.86. The van der Waals surface area contributed by atoms with Gasteiger partial charge in [-0.1, -0.05) is 23.7 Å². The number of halogens is 1. The van der Waals surface area contributed by atoms with Crippen molar-refractivity contribution in [1.82, 2.24) is 4.90 Å². The predicted octanol–water partition coefficient (Wildman–Crippen LogP) is 4.04. The largest absolute Gasteiger partial charge is 0.491 e. The first-order chi connectivity index (χ1) is 14.9. The van der Waals surface area contributed by atoms with Crippen LogP contribution in [0.2, 0.25) is 5.02 Å². The Morgan fingerprint density at radius 3 is 2.52 bits per heavy atom. The minimum atomic E-state index is -0.617. The highest BCUT2D eigenvalue weighted by Gasteiger charge is 2.42. The highest BCUT2D eigenvalue weighted by Crippen LogP contribution is 2.41. The van der Waals surface area contributed by atoms with Crippen molar-refractivity contribution in [2.24, 2.45) is 5.92 Å². The first kappa shape index (κ1) is 22.4. The Kier molecular flexibility index (Phi) is 6.77. The normalized spacial score (nSPS) is 21.7. The van der Waals surface area contributed by atoms with Crippen molar-refractivity contribution in [2.75, 3.05) is 44.3 Å². The van der Waals surface area contributed by atoms with Gasteiger partial charge < -0.3 is 19.8 Å². The Morgan fingerprint density at radius 1 is 1.13 bits per heavy atom. The average molecular weight is 445 g/mol. The lowest BCUT2D eigenvalue weighted by Gasteiger charge is -2.45. The van der Waals surface area contributed by atoms with Crippen LogP contribution in [0.4, 0.5) is 5.69 Å². The number of ether oxygens (including phenoxy) is 1. The lowest BCUT2D eigenvalue weighted by molar-refractivity contribution is -0.00432. The van der Waals surface area contributed by atoms with Gasteiger partial charge in [-0.2, -0.15) is 0 Å². The summed E-state index contributed by atoms with van der Waals surface area (Å²) in [6.07, 6.45) is 2.27. The van der Waals surface area contributed by atoms with Gasteiger partial charge in [0, 0.05) is 36.9 Å². The number of aliphatic hydroxyl groups excluding tert-OH is 1. The molecule has 2 N–H and O–H groups in total. The van der Waals surface area contributed by atoms with E-state index in [1.165, 1.54) is 11.3 Å². The third kappa shape index (κ3) is 5.35. The maximum atomic E-state index is 10.9. The first-order valence-electron chi connectivity index (χ1n) is 11.2. The molecule has 1 unspecified atom stereocenters. The maximum Gasteiger partial charge on any atom is 0.119 e. The molecule has 4 rings (SSSR count). The van der Waals surface area contributed by atoms with E-state index in [-0.39, 0.29) is 12.6 Å². The summed E-state index contributed by atoms with van der Waals surface area (Å²) < 4.78 is 5.58. The van der Waals surface area contributed by atoms with E-state index in [1.54, 1.807) is 0 Å². The second kappa shape index (κ2) is 9.37. The van der Waals surface area contributed by atoms with E-state index < -0.39 is 5.60 Å². The van der Waals surface area contributed by atoms with Gasteiger partial charge in [-0.25, -0.2) is 0 Å². The topological polar surface area (TPSA) is 56.2 Å². The molecule has 0 radical (unpaired) electrons. The van der Waals surface area contributed by atoms with E-state index >= 15 is 0 Å². The highest BCUT2D eigenvalue weighted by molar-refractivity contribution is 6.30. The summed E-state index contributed by atoms with van der Waals surface area (Å²) in [4.78, 5) is 4.86. The molecule has 0 aromatic heterocycles. The molecule has 0 bridgehead atoms. The van der Waals surface area contributed by atoms with Gasteiger partial charge in [-0.15, -0.1) is 0 Å². The molecular formula is C25H33ClN2O3. The lowest BCUT2D eigenvalue weighted by Crippen LogP contribution is -2.53. The zero-order valence-electron chi connectivity index (χ0n) is 18.4. The third-order valence-electron chi connectivity index (χ3n) is 6.56. The molecule has 1 aliphatic carbocycles. The second-order valence-electron chi connectivity index (χ2n) is 9.15. The van der Waals surface area contributed by atoms with Crippen LogP contribution in [0, 0.1) is 12.8 Å². The van der Waals surface area contributed by atoms with Gasteiger partial charge in [-0.05, 0) is 74.1 Å². The van der Waals surface area contributed by atoms with Crippen LogP contribution in [0.1, 0.15) is 36.9 Å². The van der Waals surface area contributed by atoms with E-state index in [0.717, 1.165) is 48.8 Å². The summed E-state index contributed by atoms with van der Waals surface area (Å²) in [5.74, 6) is 1.21. The molecule has 1 saturated carbocycles. The molecule has 6 heteroatoms. The summed E-state index contributed by atoms with van der Waals surface area (Å²) in [5, 5.41) is 20.7. The SMILES string of the molecule is Cc1cc(OCCO)ccc1N1CCN(CC(C)(O)C2CC2)C[C@H]1c1ccc(Cl)cc1.